The number of hydrogen-bond donors (Lipinski definition) is 1. The van der Waals surface area contributed by atoms with E-state index in [9.17, 15) is 12.8 Å². The van der Waals surface area contributed by atoms with Crippen LogP contribution in [0.15, 0.2) is 17.0 Å². The first-order valence-electron chi connectivity index (χ1n) is 5.74. The van der Waals surface area contributed by atoms with Gasteiger partial charge in [0.15, 0.2) is 0 Å². The molecule has 2 N–H and O–H groups in total. The molecule has 19 heavy (non-hydrogen) atoms. The number of nitrogens with zero attached hydrogens (tertiary/aromatic N) is 1. The van der Waals surface area contributed by atoms with Crippen molar-refractivity contribution in [2.75, 3.05) is 24.8 Å². The quantitative estimate of drug-likeness (QED) is 0.846. The van der Waals surface area contributed by atoms with Crippen LogP contribution in [-0.2, 0) is 10.0 Å². The van der Waals surface area contributed by atoms with E-state index >= 15 is 0 Å². The van der Waals surface area contributed by atoms with E-state index < -0.39 is 15.8 Å². The average Bonchev–Trinajstić information content (AvgIpc) is 2.34. The summed E-state index contributed by atoms with van der Waals surface area (Å²) in [5.74, 6) is 0.115. The second-order valence-electron chi connectivity index (χ2n) is 4.47. The molecule has 1 unspecified atom stereocenters. The Morgan fingerprint density at radius 1 is 1.47 bits per heavy atom. The van der Waals surface area contributed by atoms with Gasteiger partial charge in [0.05, 0.1) is 10.6 Å². The highest BCUT2D eigenvalue weighted by Crippen LogP contribution is 2.24. The number of aryl methyl sites for hydroxylation is 1. The molecular formula is C12H19FN2O2S2. The summed E-state index contributed by atoms with van der Waals surface area (Å²) >= 11 is 1.57. The zero-order valence-electron chi connectivity index (χ0n) is 11.5. The second-order valence-corrected chi connectivity index (χ2v) is 7.38. The molecule has 0 bridgehead atoms. The molecule has 1 atom stereocenters. The minimum atomic E-state index is -3.65. The summed E-state index contributed by atoms with van der Waals surface area (Å²) in [4.78, 5) is 0.0272. The molecule has 0 radical (unpaired) electrons. The van der Waals surface area contributed by atoms with Crippen molar-refractivity contribution in [1.29, 1.82) is 0 Å². The van der Waals surface area contributed by atoms with Crippen LogP contribution < -0.4 is 5.73 Å². The molecule has 0 aliphatic carbocycles. The summed E-state index contributed by atoms with van der Waals surface area (Å²) in [5.41, 5.74) is 5.57. The first kappa shape index (κ1) is 16.3. The molecule has 1 rings (SSSR count). The van der Waals surface area contributed by atoms with Crippen molar-refractivity contribution in [1.82, 2.24) is 4.31 Å². The van der Waals surface area contributed by atoms with Gasteiger partial charge in [-0.2, -0.15) is 16.1 Å². The molecule has 0 spiro atoms. The van der Waals surface area contributed by atoms with Crippen molar-refractivity contribution >= 4 is 27.5 Å². The molecular weight excluding hydrogens is 287 g/mol. The Balaban J connectivity index is 3.21. The van der Waals surface area contributed by atoms with E-state index in [-0.39, 0.29) is 22.2 Å². The van der Waals surface area contributed by atoms with Crippen molar-refractivity contribution in [2.45, 2.75) is 24.8 Å². The summed E-state index contributed by atoms with van der Waals surface area (Å²) in [6.45, 7) is 3.32. The number of anilines is 1. The van der Waals surface area contributed by atoms with Gasteiger partial charge in [0, 0.05) is 18.8 Å². The van der Waals surface area contributed by atoms with Crippen molar-refractivity contribution in [3.8, 4) is 0 Å². The predicted octanol–water partition coefficient (Wildman–Crippen LogP) is 2.09. The van der Waals surface area contributed by atoms with E-state index in [1.165, 1.54) is 30.4 Å². The molecule has 0 amide bonds. The largest absolute Gasteiger partial charge is 0.396 e. The second kappa shape index (κ2) is 6.11. The lowest BCUT2D eigenvalue weighted by Gasteiger charge is -2.24. The van der Waals surface area contributed by atoms with Crippen LogP contribution in [0.2, 0.25) is 0 Å². The number of sulfonamides is 1. The molecule has 1 aromatic carbocycles. The number of nitrogens with two attached hydrogens (primary N) is 1. The maximum absolute atomic E-state index is 13.4. The fourth-order valence-electron chi connectivity index (χ4n) is 1.66. The lowest BCUT2D eigenvalue weighted by Crippen LogP contribution is -2.36. The number of hydrogen-bond acceptors (Lipinski definition) is 4. The summed E-state index contributed by atoms with van der Waals surface area (Å²) in [6, 6.07) is 2.33. The third kappa shape index (κ3) is 3.40. The smallest absolute Gasteiger partial charge is 0.243 e. The molecule has 108 valence electrons. The average molecular weight is 306 g/mol. The topological polar surface area (TPSA) is 63.4 Å². The SMILES string of the molecule is CSCC(C)N(C)S(=O)(=O)c1cc(C)c(F)c(N)c1. The highest BCUT2D eigenvalue weighted by molar-refractivity contribution is 7.98. The van der Waals surface area contributed by atoms with Gasteiger partial charge in [-0.15, -0.1) is 0 Å². The number of thioether (sulfide) groups is 1. The van der Waals surface area contributed by atoms with Crippen LogP contribution in [0.1, 0.15) is 12.5 Å². The molecule has 0 aliphatic heterocycles. The molecule has 4 nitrogen and oxygen atoms in total. The fraction of sp³-hybridized carbons (Fsp3) is 0.500. The van der Waals surface area contributed by atoms with Gasteiger partial charge < -0.3 is 5.73 Å². The van der Waals surface area contributed by atoms with E-state index in [2.05, 4.69) is 0 Å². The van der Waals surface area contributed by atoms with Gasteiger partial charge in [0.25, 0.3) is 0 Å². The van der Waals surface area contributed by atoms with Crippen molar-refractivity contribution in [3.05, 3.63) is 23.5 Å². The first-order valence-corrected chi connectivity index (χ1v) is 8.57. The third-order valence-corrected chi connectivity index (χ3v) is 5.73. The van der Waals surface area contributed by atoms with Gasteiger partial charge in [-0.3, -0.25) is 0 Å². The minimum Gasteiger partial charge on any atom is -0.396 e. The Hall–Kier alpha value is -0.790. The van der Waals surface area contributed by atoms with Crippen molar-refractivity contribution < 1.29 is 12.8 Å². The number of nitrogen functional groups attached to an aromatic ring is 1. The minimum absolute atomic E-state index is 0.0272. The molecule has 0 saturated heterocycles. The normalized spacial score (nSPS) is 13.8. The van der Waals surface area contributed by atoms with Gasteiger partial charge in [-0.1, -0.05) is 0 Å². The third-order valence-electron chi connectivity index (χ3n) is 2.96. The molecule has 0 saturated carbocycles. The molecule has 0 heterocycles. The Bertz CT molecular complexity index is 538. The molecule has 0 aliphatic rings. The van der Waals surface area contributed by atoms with Crippen molar-refractivity contribution in [3.63, 3.8) is 0 Å². The van der Waals surface area contributed by atoms with Gasteiger partial charge >= 0.3 is 0 Å². The molecule has 0 aromatic heterocycles. The summed E-state index contributed by atoms with van der Waals surface area (Å²) < 4.78 is 39.5. The summed E-state index contributed by atoms with van der Waals surface area (Å²) in [7, 11) is -2.13. The van der Waals surface area contributed by atoms with E-state index in [1.54, 1.807) is 11.8 Å². The number of benzene rings is 1. The number of halogens is 1. The van der Waals surface area contributed by atoms with Gasteiger partial charge in [0.2, 0.25) is 10.0 Å². The van der Waals surface area contributed by atoms with Crippen LogP contribution in [0.3, 0.4) is 0 Å². The van der Waals surface area contributed by atoms with E-state index in [0.29, 0.717) is 5.75 Å². The van der Waals surface area contributed by atoms with E-state index in [1.807, 2.05) is 13.2 Å². The van der Waals surface area contributed by atoms with Gasteiger partial charge in [-0.25, -0.2) is 12.8 Å². The standard InChI is InChI=1S/C12H19FN2O2S2/c1-8-5-10(6-11(14)12(8)13)19(16,17)15(3)9(2)7-18-4/h5-6,9H,7,14H2,1-4H3. The van der Waals surface area contributed by atoms with Crippen LogP contribution in [0.5, 0.6) is 0 Å². The zero-order valence-corrected chi connectivity index (χ0v) is 13.1. The van der Waals surface area contributed by atoms with Crippen molar-refractivity contribution in [2.24, 2.45) is 0 Å². The molecule has 7 heteroatoms. The molecule has 0 fully saturated rings. The van der Waals surface area contributed by atoms with E-state index in [4.69, 9.17) is 5.73 Å². The number of rotatable bonds is 5. The Kier molecular flexibility index (Phi) is 5.23. The van der Waals surface area contributed by atoms with Crippen LogP contribution in [0.4, 0.5) is 10.1 Å². The fourth-order valence-corrected chi connectivity index (χ4v) is 3.94. The van der Waals surface area contributed by atoms with Gasteiger partial charge in [0.1, 0.15) is 5.82 Å². The van der Waals surface area contributed by atoms with Crippen LogP contribution >= 0.6 is 11.8 Å². The zero-order chi connectivity index (χ0) is 14.8. The van der Waals surface area contributed by atoms with Crippen LogP contribution in [0, 0.1) is 12.7 Å². The first-order chi connectivity index (χ1) is 8.71. The highest BCUT2D eigenvalue weighted by atomic mass is 32.2. The lowest BCUT2D eigenvalue weighted by molar-refractivity contribution is 0.415. The maximum atomic E-state index is 13.4. The molecule has 1 aromatic rings. The summed E-state index contributed by atoms with van der Waals surface area (Å²) in [6.07, 6.45) is 1.91. The Morgan fingerprint density at radius 2 is 2.05 bits per heavy atom. The predicted molar refractivity (Wildman–Crippen MR) is 78.3 cm³/mol. The lowest BCUT2D eigenvalue weighted by atomic mass is 10.2. The maximum Gasteiger partial charge on any atom is 0.243 e. The van der Waals surface area contributed by atoms with Gasteiger partial charge in [-0.05, 0) is 37.8 Å². The highest BCUT2D eigenvalue weighted by Gasteiger charge is 2.26. The van der Waals surface area contributed by atoms with E-state index in [0.717, 1.165) is 0 Å². The summed E-state index contributed by atoms with van der Waals surface area (Å²) in [5, 5.41) is 0. The van der Waals surface area contributed by atoms with Crippen LogP contribution in [0.25, 0.3) is 0 Å². The van der Waals surface area contributed by atoms with Crippen LogP contribution in [-0.4, -0.2) is 37.8 Å². The Labute approximate surface area is 118 Å². The Morgan fingerprint density at radius 3 is 2.53 bits per heavy atom. The monoisotopic (exact) mass is 306 g/mol.